The smallest absolute Gasteiger partial charge is 0.354 e. The molecule has 0 fully saturated rings. The Balaban J connectivity index is 2.05. The van der Waals surface area contributed by atoms with E-state index in [9.17, 15) is 23.5 Å². The Bertz CT molecular complexity index is 1220. The minimum Gasteiger partial charge on any atom is -0.477 e. The number of carboxylic acid groups (broad SMARTS) is 1. The number of carboxylic acids is 1. The molecular weight excluding hydrogens is 424 g/mol. The van der Waals surface area contributed by atoms with Crippen molar-refractivity contribution >= 4 is 17.6 Å². The topological polar surface area (TPSA) is 115 Å². The van der Waals surface area contributed by atoms with Crippen LogP contribution in [0.4, 0.5) is 8.78 Å². The second kappa shape index (κ2) is 8.17. The zero-order chi connectivity index (χ0) is 22.2. The Labute approximate surface area is 173 Å². The highest BCUT2D eigenvalue weighted by molar-refractivity contribution is 6.31. The highest BCUT2D eigenvalue weighted by atomic mass is 35.5. The first-order valence-corrected chi connectivity index (χ1v) is 8.76. The van der Waals surface area contributed by atoms with Crippen LogP contribution in [0.5, 0.6) is 5.75 Å². The Morgan fingerprint density at radius 2 is 1.90 bits per heavy atom. The van der Waals surface area contributed by atoms with Crippen LogP contribution < -0.4 is 10.3 Å². The van der Waals surface area contributed by atoms with Gasteiger partial charge in [0.15, 0.2) is 5.82 Å². The highest BCUT2D eigenvalue weighted by Gasteiger charge is 2.22. The summed E-state index contributed by atoms with van der Waals surface area (Å²) in [6.07, 6.45) is 0.0386. The van der Waals surface area contributed by atoms with Gasteiger partial charge in [0.1, 0.15) is 28.0 Å². The summed E-state index contributed by atoms with van der Waals surface area (Å²) in [5, 5.41) is 18.8. The zero-order valence-electron chi connectivity index (χ0n) is 15.6. The lowest BCUT2D eigenvalue weighted by molar-refractivity contribution is -0.0258. The molecule has 0 saturated heterocycles. The molecular formula is C19H14ClF2N3O5. The summed E-state index contributed by atoms with van der Waals surface area (Å²) in [5.74, 6) is -3.62. The van der Waals surface area contributed by atoms with Crippen molar-refractivity contribution in [3.8, 4) is 11.4 Å². The van der Waals surface area contributed by atoms with Gasteiger partial charge in [-0.2, -0.15) is 0 Å². The first-order chi connectivity index (χ1) is 14.1. The molecule has 156 valence electrons. The van der Waals surface area contributed by atoms with Crippen molar-refractivity contribution in [1.82, 2.24) is 14.5 Å². The maximum absolute atomic E-state index is 13.8. The Kier molecular flexibility index (Phi) is 5.81. The first kappa shape index (κ1) is 21.3. The number of hydrogen-bond donors (Lipinski definition) is 2. The summed E-state index contributed by atoms with van der Waals surface area (Å²) in [4.78, 5) is 31.3. The molecule has 0 aliphatic heterocycles. The summed E-state index contributed by atoms with van der Waals surface area (Å²) in [6, 6.07) is 3.04. The molecule has 3 aromatic rings. The third-order valence-electron chi connectivity index (χ3n) is 4.14. The molecule has 3 heterocycles. The predicted molar refractivity (Wildman–Crippen MR) is 101 cm³/mol. The number of halogens is 3. The van der Waals surface area contributed by atoms with Gasteiger partial charge in [-0.3, -0.25) is 9.36 Å². The van der Waals surface area contributed by atoms with Gasteiger partial charge in [0.25, 0.3) is 5.56 Å². The molecule has 0 spiro atoms. The van der Waals surface area contributed by atoms with Crippen molar-refractivity contribution in [1.29, 1.82) is 0 Å². The third kappa shape index (κ3) is 4.00. The SMILES string of the molecule is Cc1cnc(C(=O)O)cc1-n1c(C)cc(OC(O)c2ncc(F)cc2F)c(Cl)c1=O. The summed E-state index contributed by atoms with van der Waals surface area (Å²) >= 11 is 6.10. The van der Waals surface area contributed by atoms with Crippen molar-refractivity contribution in [2.24, 2.45) is 0 Å². The largest absolute Gasteiger partial charge is 0.477 e. The van der Waals surface area contributed by atoms with Crippen LogP contribution in [0, 0.1) is 25.5 Å². The van der Waals surface area contributed by atoms with Crippen molar-refractivity contribution in [3.05, 3.63) is 80.2 Å². The van der Waals surface area contributed by atoms with Crippen molar-refractivity contribution in [3.63, 3.8) is 0 Å². The minimum atomic E-state index is -1.96. The standard InChI is InChI=1S/C19H14ClF2N3O5/c1-8-6-23-12(18(27)28)5-13(8)25-9(2)3-14(15(20)17(25)26)30-19(29)16-11(22)4-10(21)7-24-16/h3-7,19,29H,1-2H3,(H,27,28). The lowest BCUT2D eigenvalue weighted by atomic mass is 10.2. The molecule has 1 unspecified atom stereocenters. The molecule has 0 bridgehead atoms. The molecule has 11 heteroatoms. The van der Waals surface area contributed by atoms with Crippen LogP contribution in [0.25, 0.3) is 5.69 Å². The molecule has 0 radical (unpaired) electrons. The van der Waals surface area contributed by atoms with E-state index in [0.29, 0.717) is 17.8 Å². The van der Waals surface area contributed by atoms with E-state index in [1.54, 1.807) is 6.92 Å². The first-order valence-electron chi connectivity index (χ1n) is 8.38. The Hall–Kier alpha value is -3.37. The van der Waals surface area contributed by atoms with Crippen molar-refractivity contribution in [2.45, 2.75) is 20.1 Å². The molecule has 1 atom stereocenters. The second-order valence-corrected chi connectivity index (χ2v) is 6.63. The third-order valence-corrected chi connectivity index (χ3v) is 4.49. The van der Waals surface area contributed by atoms with E-state index in [1.807, 2.05) is 0 Å². The molecule has 0 aromatic carbocycles. The van der Waals surface area contributed by atoms with Crippen molar-refractivity contribution < 1.29 is 28.5 Å². The Morgan fingerprint density at radius 3 is 2.53 bits per heavy atom. The molecule has 3 rings (SSSR count). The summed E-state index contributed by atoms with van der Waals surface area (Å²) in [5.41, 5.74) is -0.600. The zero-order valence-corrected chi connectivity index (χ0v) is 16.3. The minimum absolute atomic E-state index is 0.241. The molecule has 3 aromatic heterocycles. The van der Waals surface area contributed by atoms with E-state index in [0.717, 1.165) is 4.57 Å². The monoisotopic (exact) mass is 437 g/mol. The number of aliphatic hydroxyl groups is 1. The van der Waals surface area contributed by atoms with Gasteiger partial charge in [0, 0.05) is 24.0 Å². The highest BCUT2D eigenvalue weighted by Crippen LogP contribution is 2.28. The fourth-order valence-electron chi connectivity index (χ4n) is 2.72. The van der Waals surface area contributed by atoms with Crippen LogP contribution in [0.15, 0.2) is 35.4 Å². The molecule has 0 saturated carbocycles. The molecule has 30 heavy (non-hydrogen) atoms. The number of carbonyl (C=O) groups is 1. The fourth-order valence-corrected chi connectivity index (χ4v) is 2.90. The normalized spacial score (nSPS) is 11.9. The van der Waals surface area contributed by atoms with Gasteiger partial charge in [-0.25, -0.2) is 23.5 Å². The van der Waals surface area contributed by atoms with E-state index in [2.05, 4.69) is 9.97 Å². The van der Waals surface area contributed by atoms with Gasteiger partial charge in [0.2, 0.25) is 6.29 Å². The van der Waals surface area contributed by atoms with Gasteiger partial charge < -0.3 is 14.9 Å². The number of nitrogens with zero attached hydrogens (tertiary/aromatic N) is 3. The lowest BCUT2D eigenvalue weighted by Gasteiger charge is -2.18. The summed E-state index contributed by atoms with van der Waals surface area (Å²) < 4.78 is 33.1. The quantitative estimate of drug-likeness (QED) is 0.590. The number of aromatic nitrogens is 3. The van der Waals surface area contributed by atoms with Gasteiger partial charge in [-0.05, 0) is 25.5 Å². The fraction of sp³-hybridized carbons (Fsp3) is 0.158. The van der Waals surface area contributed by atoms with Crippen LogP contribution in [-0.2, 0) is 0 Å². The summed E-state index contributed by atoms with van der Waals surface area (Å²) in [7, 11) is 0. The molecule has 0 amide bonds. The number of aryl methyl sites for hydroxylation is 2. The number of pyridine rings is 3. The van der Waals surface area contributed by atoms with E-state index in [1.165, 1.54) is 25.3 Å². The molecule has 8 nitrogen and oxygen atoms in total. The molecule has 0 aliphatic carbocycles. The van der Waals surface area contributed by atoms with Crippen molar-refractivity contribution in [2.75, 3.05) is 0 Å². The number of aliphatic hydroxyl groups excluding tert-OH is 1. The van der Waals surface area contributed by atoms with E-state index in [4.69, 9.17) is 21.4 Å². The Morgan fingerprint density at radius 1 is 1.20 bits per heavy atom. The van der Waals surface area contributed by atoms with E-state index in [-0.39, 0.29) is 22.8 Å². The van der Waals surface area contributed by atoms with Crippen LogP contribution in [0.2, 0.25) is 5.02 Å². The number of hydrogen-bond acceptors (Lipinski definition) is 6. The maximum Gasteiger partial charge on any atom is 0.354 e. The maximum atomic E-state index is 13.8. The van der Waals surface area contributed by atoms with Crippen LogP contribution >= 0.6 is 11.6 Å². The van der Waals surface area contributed by atoms with E-state index >= 15 is 0 Å². The van der Waals surface area contributed by atoms with Gasteiger partial charge in [0.05, 0.1) is 11.9 Å². The summed E-state index contributed by atoms with van der Waals surface area (Å²) in [6.45, 7) is 3.15. The lowest BCUT2D eigenvalue weighted by Crippen LogP contribution is -2.24. The average Bonchev–Trinajstić information content (AvgIpc) is 2.67. The number of aromatic carboxylic acids is 1. The number of ether oxygens (including phenoxy) is 1. The molecule has 2 N–H and O–H groups in total. The number of rotatable bonds is 5. The molecule has 0 aliphatic rings. The second-order valence-electron chi connectivity index (χ2n) is 6.26. The van der Waals surface area contributed by atoms with E-state index < -0.39 is 40.2 Å². The van der Waals surface area contributed by atoms with Gasteiger partial charge >= 0.3 is 5.97 Å². The van der Waals surface area contributed by atoms with Crippen LogP contribution in [-0.4, -0.2) is 30.7 Å². The van der Waals surface area contributed by atoms with Crippen LogP contribution in [0.1, 0.15) is 33.7 Å². The van der Waals surface area contributed by atoms with Crippen LogP contribution in [0.3, 0.4) is 0 Å². The van der Waals surface area contributed by atoms with Gasteiger partial charge in [-0.1, -0.05) is 11.6 Å². The average molecular weight is 438 g/mol. The predicted octanol–water partition coefficient (Wildman–Crippen LogP) is 2.94. The van der Waals surface area contributed by atoms with Gasteiger partial charge in [-0.15, -0.1) is 0 Å².